The number of rotatable bonds is 12. The van der Waals surface area contributed by atoms with Crippen molar-refractivity contribution in [3.63, 3.8) is 0 Å². The van der Waals surface area contributed by atoms with E-state index in [0.717, 1.165) is 41.7 Å². The zero-order chi connectivity index (χ0) is 26.2. The number of hydroxylamine groups is 1. The van der Waals surface area contributed by atoms with Gasteiger partial charge in [0, 0.05) is 13.0 Å². The van der Waals surface area contributed by atoms with E-state index >= 15 is 0 Å². The van der Waals surface area contributed by atoms with Crippen LogP contribution < -0.4 is 10.8 Å². The molecule has 0 aliphatic heterocycles. The normalized spacial score (nSPS) is 12.0. The van der Waals surface area contributed by atoms with Gasteiger partial charge in [0.2, 0.25) is 5.91 Å². The van der Waals surface area contributed by atoms with Crippen molar-refractivity contribution in [3.8, 4) is 0 Å². The highest BCUT2D eigenvalue weighted by Gasteiger charge is 2.27. The third-order valence-electron chi connectivity index (χ3n) is 6.24. The van der Waals surface area contributed by atoms with Crippen LogP contribution in [0.4, 0.5) is 0 Å². The van der Waals surface area contributed by atoms with E-state index in [2.05, 4.69) is 17.2 Å². The Kier molecular flexibility index (Phi) is 9.19. The molecule has 9 heteroatoms. The van der Waals surface area contributed by atoms with Gasteiger partial charge in [0.15, 0.2) is 0 Å². The van der Waals surface area contributed by atoms with E-state index in [1.54, 1.807) is 23.8 Å². The van der Waals surface area contributed by atoms with Gasteiger partial charge in [-0.3, -0.25) is 14.8 Å². The smallest absolute Gasteiger partial charge is 0.336 e. The number of carbonyl (C=O) groups is 3. The minimum Gasteiger partial charge on any atom is -0.478 e. The van der Waals surface area contributed by atoms with Crippen LogP contribution in [0.15, 0.2) is 42.6 Å². The number of fused-ring (bicyclic) bond motifs is 1. The van der Waals surface area contributed by atoms with Gasteiger partial charge in [-0.15, -0.1) is 0 Å². The lowest BCUT2D eigenvalue weighted by Gasteiger charge is -2.18. The molecule has 2 aromatic carbocycles. The van der Waals surface area contributed by atoms with Crippen molar-refractivity contribution in [2.45, 2.75) is 59.5 Å². The Hall–Kier alpha value is -3.72. The van der Waals surface area contributed by atoms with Gasteiger partial charge in [-0.2, -0.15) is 0 Å². The van der Waals surface area contributed by atoms with Gasteiger partial charge in [-0.25, -0.2) is 15.3 Å². The molecule has 3 aromatic rings. The predicted octanol–water partition coefficient (Wildman–Crippen LogP) is 3.91. The lowest BCUT2D eigenvalue weighted by Crippen LogP contribution is -2.41. The Morgan fingerprint density at radius 3 is 2.42 bits per heavy atom. The van der Waals surface area contributed by atoms with Crippen LogP contribution in [0.25, 0.3) is 10.8 Å². The number of carboxylic acids is 1. The zero-order valence-electron chi connectivity index (χ0n) is 21.0. The molecule has 1 atom stereocenters. The lowest BCUT2D eigenvalue weighted by atomic mass is 9.95. The van der Waals surface area contributed by atoms with E-state index < -0.39 is 23.7 Å². The van der Waals surface area contributed by atoms with Crippen LogP contribution in [0, 0.1) is 11.8 Å². The summed E-state index contributed by atoms with van der Waals surface area (Å²) in [6.07, 6.45) is 4.75. The van der Waals surface area contributed by atoms with Gasteiger partial charge < -0.3 is 15.0 Å². The van der Waals surface area contributed by atoms with Crippen molar-refractivity contribution >= 4 is 28.6 Å². The Balaban J connectivity index is 1.91. The highest BCUT2D eigenvalue weighted by Crippen LogP contribution is 2.25. The quantitative estimate of drug-likeness (QED) is 0.171. The van der Waals surface area contributed by atoms with Gasteiger partial charge in [-0.1, -0.05) is 57.5 Å². The predicted molar refractivity (Wildman–Crippen MR) is 136 cm³/mol. The van der Waals surface area contributed by atoms with Crippen LogP contribution in [0.1, 0.15) is 67.5 Å². The third kappa shape index (κ3) is 6.28. The molecule has 0 fully saturated rings. The van der Waals surface area contributed by atoms with Gasteiger partial charge in [-0.05, 0) is 41.2 Å². The number of carboxylic acid groups (broad SMARTS) is 1. The van der Waals surface area contributed by atoms with Crippen LogP contribution in [-0.2, 0) is 29.1 Å². The number of hydrogen-bond donors (Lipinski definition) is 4. The molecule has 36 heavy (non-hydrogen) atoms. The molecule has 3 rings (SSSR count). The van der Waals surface area contributed by atoms with Crippen LogP contribution in [-0.4, -0.2) is 37.6 Å². The van der Waals surface area contributed by atoms with Crippen LogP contribution in [0.5, 0.6) is 0 Å². The fourth-order valence-electron chi connectivity index (χ4n) is 4.36. The van der Waals surface area contributed by atoms with Crippen molar-refractivity contribution in [1.82, 2.24) is 20.3 Å². The molecule has 0 aliphatic carbocycles. The summed E-state index contributed by atoms with van der Waals surface area (Å²) in [7, 11) is 0. The molecule has 0 spiro atoms. The molecule has 1 unspecified atom stereocenters. The standard InChI is InChI=1S/C27H34N4O5/c1-4-5-10-24-28-14-19(15-29-25(32)23(13-17(2)3)26(33)30-36)31(24)16-18-11-12-22(27(34)35)21-9-7-6-8-20(18)21/h6-9,11-12,14,17,23,36H,4-5,10,13,15-16H2,1-3H3,(H,29,32)(H,30,33)(H,34,35). The van der Waals surface area contributed by atoms with Crippen molar-refractivity contribution in [1.29, 1.82) is 0 Å². The summed E-state index contributed by atoms with van der Waals surface area (Å²) < 4.78 is 2.04. The monoisotopic (exact) mass is 494 g/mol. The molecule has 4 N–H and O–H groups in total. The van der Waals surface area contributed by atoms with E-state index in [1.165, 1.54) is 0 Å². The Bertz CT molecular complexity index is 1230. The molecule has 0 saturated carbocycles. The second-order valence-electron chi connectivity index (χ2n) is 9.35. The maximum absolute atomic E-state index is 12.8. The lowest BCUT2D eigenvalue weighted by molar-refractivity contribution is -0.141. The minimum absolute atomic E-state index is 0.0891. The summed E-state index contributed by atoms with van der Waals surface area (Å²) in [6, 6.07) is 10.9. The molecule has 0 bridgehead atoms. The molecule has 192 valence electrons. The first-order chi connectivity index (χ1) is 17.3. The molecule has 1 heterocycles. The number of carbonyl (C=O) groups excluding carboxylic acids is 2. The van der Waals surface area contributed by atoms with Gasteiger partial charge in [0.1, 0.15) is 11.7 Å². The largest absolute Gasteiger partial charge is 0.478 e. The number of hydrogen-bond acceptors (Lipinski definition) is 5. The molecule has 0 saturated heterocycles. The molecule has 2 amide bonds. The molecule has 0 aliphatic rings. The van der Waals surface area contributed by atoms with Crippen LogP contribution in [0.2, 0.25) is 0 Å². The first kappa shape index (κ1) is 26.9. The van der Waals surface area contributed by atoms with Crippen LogP contribution >= 0.6 is 0 Å². The highest BCUT2D eigenvalue weighted by atomic mass is 16.5. The van der Waals surface area contributed by atoms with Gasteiger partial charge in [0.05, 0.1) is 24.0 Å². The topological polar surface area (TPSA) is 134 Å². The second-order valence-corrected chi connectivity index (χ2v) is 9.35. The SMILES string of the molecule is CCCCc1ncc(CNC(=O)C(CC(C)C)C(=O)NO)n1Cc1ccc(C(=O)O)c2ccccc12. The summed E-state index contributed by atoms with van der Waals surface area (Å²) in [5.74, 6) is -2.21. The first-order valence-corrected chi connectivity index (χ1v) is 12.3. The number of aryl methyl sites for hydroxylation is 1. The first-order valence-electron chi connectivity index (χ1n) is 12.3. The van der Waals surface area contributed by atoms with E-state index in [1.807, 2.05) is 42.7 Å². The van der Waals surface area contributed by atoms with E-state index in [9.17, 15) is 19.5 Å². The number of aromatic nitrogens is 2. The molecular weight excluding hydrogens is 460 g/mol. The summed E-state index contributed by atoms with van der Waals surface area (Å²) in [5, 5.41) is 23.0. The Morgan fingerprint density at radius 2 is 1.78 bits per heavy atom. The van der Waals surface area contributed by atoms with Gasteiger partial charge >= 0.3 is 5.97 Å². The third-order valence-corrected chi connectivity index (χ3v) is 6.24. The number of aromatic carboxylic acids is 1. The number of benzene rings is 2. The van der Waals surface area contributed by atoms with E-state index in [-0.39, 0.29) is 18.0 Å². The van der Waals surface area contributed by atoms with E-state index in [0.29, 0.717) is 18.4 Å². The average molecular weight is 495 g/mol. The molecule has 9 nitrogen and oxygen atoms in total. The number of nitrogens with zero attached hydrogens (tertiary/aromatic N) is 2. The minimum atomic E-state index is -1.00. The summed E-state index contributed by atoms with van der Waals surface area (Å²) >= 11 is 0. The summed E-state index contributed by atoms with van der Waals surface area (Å²) in [4.78, 5) is 41.2. The van der Waals surface area contributed by atoms with Crippen molar-refractivity contribution < 1.29 is 24.7 Å². The summed E-state index contributed by atoms with van der Waals surface area (Å²) in [5.41, 5.74) is 3.55. The maximum atomic E-state index is 12.8. The van der Waals surface area contributed by atoms with Crippen molar-refractivity contribution in [2.75, 3.05) is 0 Å². The highest BCUT2D eigenvalue weighted by molar-refractivity contribution is 6.04. The zero-order valence-corrected chi connectivity index (χ0v) is 21.0. The molecule has 1 aromatic heterocycles. The fraction of sp³-hybridized carbons (Fsp3) is 0.407. The number of amides is 2. The number of imidazole rings is 1. The Morgan fingerprint density at radius 1 is 1.06 bits per heavy atom. The maximum Gasteiger partial charge on any atom is 0.336 e. The van der Waals surface area contributed by atoms with Crippen molar-refractivity contribution in [3.05, 3.63) is 65.2 Å². The summed E-state index contributed by atoms with van der Waals surface area (Å²) in [6.45, 7) is 6.53. The van der Waals surface area contributed by atoms with Gasteiger partial charge in [0.25, 0.3) is 5.91 Å². The average Bonchev–Trinajstić information content (AvgIpc) is 3.24. The van der Waals surface area contributed by atoms with Crippen LogP contribution in [0.3, 0.4) is 0 Å². The molecular formula is C27H34N4O5. The Labute approximate surface area is 210 Å². The number of nitrogens with one attached hydrogen (secondary N) is 2. The van der Waals surface area contributed by atoms with Crippen molar-refractivity contribution in [2.24, 2.45) is 11.8 Å². The second kappa shape index (κ2) is 12.3. The fourth-order valence-corrected chi connectivity index (χ4v) is 4.36. The number of unbranched alkanes of at least 4 members (excludes halogenated alkanes) is 1. The molecule has 0 radical (unpaired) electrons. The van der Waals surface area contributed by atoms with E-state index in [4.69, 9.17) is 5.21 Å².